The van der Waals surface area contributed by atoms with Crippen molar-refractivity contribution in [2.24, 2.45) is 0 Å². The molecule has 0 bridgehead atoms. The predicted molar refractivity (Wildman–Crippen MR) is 58.4 cm³/mol. The average Bonchev–Trinajstić information content (AvgIpc) is 2.18. The van der Waals surface area contributed by atoms with Crippen LogP contribution in [0, 0.1) is 11.8 Å². The number of hydrogen-bond donors (Lipinski definition) is 0. The second kappa shape index (κ2) is 5.77. The number of ketones is 1. The SMILES string of the molecule is CC(=O)Cc1cccc(C#CCC=O)c1. The van der Waals surface area contributed by atoms with Gasteiger partial charge in [-0.05, 0) is 24.6 Å². The Morgan fingerprint density at radius 1 is 1.47 bits per heavy atom. The van der Waals surface area contributed by atoms with Crippen LogP contribution in [-0.4, -0.2) is 12.1 Å². The van der Waals surface area contributed by atoms with Crippen LogP contribution < -0.4 is 0 Å². The summed E-state index contributed by atoms with van der Waals surface area (Å²) >= 11 is 0. The molecule has 1 rings (SSSR count). The molecule has 0 fully saturated rings. The van der Waals surface area contributed by atoms with Crippen molar-refractivity contribution in [1.82, 2.24) is 0 Å². The van der Waals surface area contributed by atoms with Gasteiger partial charge in [-0.3, -0.25) is 4.79 Å². The lowest BCUT2D eigenvalue weighted by Crippen LogP contribution is -1.96. The number of aldehydes is 1. The van der Waals surface area contributed by atoms with Crippen LogP contribution >= 0.6 is 0 Å². The monoisotopic (exact) mass is 200 g/mol. The Labute approximate surface area is 89.3 Å². The van der Waals surface area contributed by atoms with Crippen LogP contribution in [0.4, 0.5) is 0 Å². The second-order valence-electron chi connectivity index (χ2n) is 3.25. The molecule has 0 aromatic heterocycles. The highest BCUT2D eigenvalue weighted by Gasteiger charge is 1.97. The van der Waals surface area contributed by atoms with Gasteiger partial charge in [0.15, 0.2) is 0 Å². The molecule has 0 unspecified atom stereocenters. The van der Waals surface area contributed by atoms with Crippen LogP contribution in [-0.2, 0) is 16.0 Å². The molecule has 0 atom stereocenters. The van der Waals surface area contributed by atoms with E-state index in [2.05, 4.69) is 11.8 Å². The summed E-state index contributed by atoms with van der Waals surface area (Å²) in [6.07, 6.45) is 1.45. The molecule has 0 aliphatic rings. The van der Waals surface area contributed by atoms with Crippen molar-refractivity contribution in [3.63, 3.8) is 0 Å². The minimum absolute atomic E-state index is 0.132. The summed E-state index contributed by atoms with van der Waals surface area (Å²) < 4.78 is 0. The lowest BCUT2D eigenvalue weighted by molar-refractivity contribution is -0.116. The molecule has 0 aliphatic heterocycles. The lowest BCUT2D eigenvalue weighted by Gasteiger charge is -1.97. The summed E-state index contributed by atoms with van der Waals surface area (Å²) in [5, 5.41) is 0. The molecule has 2 heteroatoms. The summed E-state index contributed by atoms with van der Waals surface area (Å²) in [4.78, 5) is 21.0. The highest BCUT2D eigenvalue weighted by atomic mass is 16.1. The molecule has 1 aromatic rings. The van der Waals surface area contributed by atoms with E-state index in [1.54, 1.807) is 6.92 Å². The van der Waals surface area contributed by atoms with E-state index in [9.17, 15) is 9.59 Å². The number of benzene rings is 1. The fourth-order valence-corrected chi connectivity index (χ4v) is 1.24. The molecule has 0 saturated carbocycles. The Bertz CT molecular complexity index is 422. The maximum absolute atomic E-state index is 10.9. The van der Waals surface area contributed by atoms with Gasteiger partial charge in [0.05, 0.1) is 6.42 Å². The number of Topliss-reactive ketones (excluding diaryl/α,β-unsaturated/α-hetero) is 1. The quantitative estimate of drug-likeness (QED) is 0.550. The van der Waals surface area contributed by atoms with Gasteiger partial charge in [-0.1, -0.05) is 24.0 Å². The van der Waals surface area contributed by atoms with Gasteiger partial charge in [-0.15, -0.1) is 0 Å². The normalized spacial score (nSPS) is 8.87. The number of carbonyl (C=O) groups excluding carboxylic acids is 2. The number of hydrogen-bond acceptors (Lipinski definition) is 2. The zero-order chi connectivity index (χ0) is 11.1. The van der Waals surface area contributed by atoms with Crippen LogP contribution in [0.1, 0.15) is 24.5 Å². The Hall–Kier alpha value is -1.88. The van der Waals surface area contributed by atoms with E-state index in [-0.39, 0.29) is 12.2 Å². The summed E-state index contributed by atoms with van der Waals surface area (Å²) in [7, 11) is 0. The van der Waals surface area contributed by atoms with E-state index in [1.807, 2.05) is 24.3 Å². The fourth-order valence-electron chi connectivity index (χ4n) is 1.24. The van der Waals surface area contributed by atoms with E-state index < -0.39 is 0 Å². The molecule has 0 spiro atoms. The van der Waals surface area contributed by atoms with Gasteiger partial charge >= 0.3 is 0 Å². The minimum Gasteiger partial charge on any atom is -0.302 e. The van der Waals surface area contributed by atoms with Crippen molar-refractivity contribution in [2.75, 3.05) is 0 Å². The summed E-state index contributed by atoms with van der Waals surface area (Å²) in [5.74, 6) is 5.73. The fraction of sp³-hybridized carbons (Fsp3) is 0.231. The van der Waals surface area contributed by atoms with Crippen molar-refractivity contribution in [1.29, 1.82) is 0 Å². The molecule has 0 aliphatic carbocycles. The van der Waals surface area contributed by atoms with Crippen molar-refractivity contribution in [3.05, 3.63) is 35.4 Å². The van der Waals surface area contributed by atoms with Crippen LogP contribution in [0.3, 0.4) is 0 Å². The Kier molecular flexibility index (Phi) is 4.30. The van der Waals surface area contributed by atoms with Gasteiger partial charge < -0.3 is 4.79 Å². The zero-order valence-electron chi connectivity index (χ0n) is 8.62. The predicted octanol–water partition coefficient (Wildman–Crippen LogP) is 1.76. The van der Waals surface area contributed by atoms with Crippen LogP contribution in [0.15, 0.2) is 24.3 Å². The highest BCUT2D eigenvalue weighted by molar-refractivity contribution is 5.78. The largest absolute Gasteiger partial charge is 0.302 e. The second-order valence-corrected chi connectivity index (χ2v) is 3.25. The van der Waals surface area contributed by atoms with E-state index in [0.29, 0.717) is 6.42 Å². The first-order valence-corrected chi connectivity index (χ1v) is 4.73. The van der Waals surface area contributed by atoms with Gasteiger partial charge in [0, 0.05) is 12.0 Å². The smallest absolute Gasteiger partial charge is 0.134 e. The van der Waals surface area contributed by atoms with Gasteiger partial charge in [-0.25, -0.2) is 0 Å². The summed E-state index contributed by atoms with van der Waals surface area (Å²) in [6.45, 7) is 1.56. The standard InChI is InChI=1S/C13H12O2/c1-11(15)9-13-7-4-6-12(10-13)5-2-3-8-14/h4,6-8,10H,3,9H2,1H3. The first-order valence-electron chi connectivity index (χ1n) is 4.73. The summed E-state index contributed by atoms with van der Waals surface area (Å²) in [5.41, 5.74) is 1.80. The Morgan fingerprint density at radius 2 is 2.27 bits per heavy atom. The summed E-state index contributed by atoms with van der Waals surface area (Å²) in [6, 6.07) is 7.50. The third-order valence-corrected chi connectivity index (χ3v) is 1.80. The van der Waals surface area contributed by atoms with Gasteiger partial charge in [0.2, 0.25) is 0 Å². The lowest BCUT2D eigenvalue weighted by atomic mass is 10.1. The molecule has 1 aromatic carbocycles. The molecule has 0 amide bonds. The molecular weight excluding hydrogens is 188 g/mol. The number of rotatable bonds is 3. The van der Waals surface area contributed by atoms with Crippen molar-refractivity contribution < 1.29 is 9.59 Å². The molecule has 15 heavy (non-hydrogen) atoms. The molecule has 0 N–H and O–H groups in total. The third-order valence-electron chi connectivity index (χ3n) is 1.80. The van der Waals surface area contributed by atoms with E-state index >= 15 is 0 Å². The number of carbonyl (C=O) groups is 2. The topological polar surface area (TPSA) is 34.1 Å². The molecule has 2 nitrogen and oxygen atoms in total. The maximum Gasteiger partial charge on any atom is 0.134 e. The van der Waals surface area contributed by atoms with Gasteiger partial charge in [0.1, 0.15) is 12.1 Å². The Balaban J connectivity index is 2.79. The molecule has 0 saturated heterocycles. The van der Waals surface area contributed by atoms with Crippen LogP contribution in [0.25, 0.3) is 0 Å². The first-order chi connectivity index (χ1) is 7.22. The highest BCUT2D eigenvalue weighted by Crippen LogP contribution is 2.05. The van der Waals surface area contributed by atoms with Crippen LogP contribution in [0.5, 0.6) is 0 Å². The van der Waals surface area contributed by atoms with Crippen molar-refractivity contribution >= 4 is 12.1 Å². The minimum atomic E-state index is 0.132. The van der Waals surface area contributed by atoms with Crippen LogP contribution in [0.2, 0.25) is 0 Å². The first kappa shape index (κ1) is 11.2. The maximum atomic E-state index is 10.9. The van der Waals surface area contributed by atoms with Gasteiger partial charge in [-0.2, -0.15) is 0 Å². The van der Waals surface area contributed by atoms with E-state index in [0.717, 1.165) is 17.4 Å². The molecule has 0 radical (unpaired) electrons. The van der Waals surface area contributed by atoms with Gasteiger partial charge in [0.25, 0.3) is 0 Å². The molecular formula is C13H12O2. The third kappa shape index (κ3) is 4.24. The Morgan fingerprint density at radius 3 is 2.93 bits per heavy atom. The average molecular weight is 200 g/mol. The molecule has 0 heterocycles. The van der Waals surface area contributed by atoms with E-state index in [1.165, 1.54) is 0 Å². The molecule has 76 valence electrons. The van der Waals surface area contributed by atoms with Crippen molar-refractivity contribution in [2.45, 2.75) is 19.8 Å². The zero-order valence-corrected chi connectivity index (χ0v) is 8.62. The van der Waals surface area contributed by atoms with Crippen molar-refractivity contribution in [3.8, 4) is 11.8 Å². The van der Waals surface area contributed by atoms with E-state index in [4.69, 9.17) is 0 Å².